The van der Waals surface area contributed by atoms with Crippen LogP contribution < -0.4 is 0 Å². The normalized spacial score (nSPS) is 16.4. The lowest BCUT2D eigenvalue weighted by atomic mass is 10.2. The molecule has 0 saturated carbocycles. The van der Waals surface area contributed by atoms with Crippen LogP contribution in [0.5, 0.6) is 0 Å². The van der Waals surface area contributed by atoms with E-state index in [1.165, 1.54) is 9.80 Å². The molecule has 0 radical (unpaired) electrons. The molecule has 0 fully saturated rings. The van der Waals surface area contributed by atoms with E-state index in [1.54, 1.807) is 0 Å². The van der Waals surface area contributed by atoms with Gasteiger partial charge in [0.15, 0.2) is 0 Å². The van der Waals surface area contributed by atoms with Crippen LogP contribution in [0.1, 0.15) is 25.7 Å². The van der Waals surface area contributed by atoms with Gasteiger partial charge in [-0.25, -0.2) is 0 Å². The summed E-state index contributed by atoms with van der Waals surface area (Å²) in [4.78, 5) is 37.7. The van der Waals surface area contributed by atoms with Crippen LogP contribution in [0.3, 0.4) is 0 Å². The van der Waals surface area contributed by atoms with Gasteiger partial charge >= 0.3 is 33.0 Å². The lowest BCUT2D eigenvalue weighted by Gasteiger charge is -2.21. The molecule has 0 spiro atoms. The van der Waals surface area contributed by atoms with Crippen molar-refractivity contribution in [2.24, 2.45) is 0 Å². The van der Waals surface area contributed by atoms with E-state index in [2.05, 4.69) is 18.1 Å². The van der Waals surface area contributed by atoms with E-state index in [-0.39, 0.29) is 26.9 Å². The largest absolute Gasteiger partial charge is 0.326 e. The van der Waals surface area contributed by atoms with Gasteiger partial charge in [0.25, 0.3) is 0 Å². The van der Waals surface area contributed by atoms with Gasteiger partial charge in [0.05, 0.1) is 0 Å². The molecule has 0 aromatic heterocycles. The molecule has 4 unspecified atom stereocenters. The van der Waals surface area contributed by atoms with E-state index < -0.39 is 33.0 Å². The zero-order valence-corrected chi connectivity index (χ0v) is 19.0. The number of nitrogens with zero attached hydrogens (tertiary/aromatic N) is 2. The maximum Gasteiger partial charge on any atom is 0.317 e. The Kier molecular flexibility index (Phi) is 18.6. The molecule has 4 N–H and O–H groups in total. The smallest absolute Gasteiger partial charge is 0.317 e. The minimum Gasteiger partial charge on any atom is -0.326 e. The Hall–Kier alpha value is 0.520. The highest BCUT2D eigenvalue weighted by Gasteiger charge is 2.10. The molecule has 0 saturated heterocycles. The molecule has 18 heteroatoms. The number of rotatable bonds is 19. The van der Waals surface area contributed by atoms with Gasteiger partial charge in [-0.1, -0.05) is 12.8 Å². The van der Waals surface area contributed by atoms with Crippen molar-refractivity contribution in [1.82, 2.24) is 9.80 Å². The van der Waals surface area contributed by atoms with E-state index >= 15 is 0 Å². The van der Waals surface area contributed by atoms with E-state index in [0.717, 1.165) is 12.8 Å². The van der Waals surface area contributed by atoms with Crippen molar-refractivity contribution in [1.29, 1.82) is 0 Å². The Morgan fingerprint density at radius 2 is 0.750 bits per heavy atom. The van der Waals surface area contributed by atoms with E-state index in [0.29, 0.717) is 25.9 Å². The zero-order chi connectivity index (χ0) is 21.4. The van der Waals surface area contributed by atoms with Crippen molar-refractivity contribution in [2.75, 3.05) is 40.0 Å². The Labute approximate surface area is 165 Å². The van der Waals surface area contributed by atoms with E-state index in [1.807, 2.05) is 0 Å². The van der Waals surface area contributed by atoms with Gasteiger partial charge < -0.3 is 19.6 Å². The Balaban J connectivity index is 4.10. The molecule has 170 valence electrons. The first-order valence-electron chi connectivity index (χ1n) is 8.08. The molecule has 0 aliphatic rings. The summed E-state index contributed by atoms with van der Waals surface area (Å²) in [6.07, 6.45) is 2.77. The molecular weight excluding hydrogens is 464 g/mol. The van der Waals surface area contributed by atoms with Gasteiger partial charge in [0.1, 0.15) is 26.9 Å². The SMILES string of the molecule is O=[PH](O)OCN(CCCCCCN(CO[PH](=O)O)CO[PH](=O)O)CO[PH](=O)O. The van der Waals surface area contributed by atoms with Crippen molar-refractivity contribution < 1.29 is 55.9 Å². The second-order valence-corrected chi connectivity index (χ2v) is 8.64. The summed E-state index contributed by atoms with van der Waals surface area (Å²) in [5.41, 5.74) is 0. The van der Waals surface area contributed by atoms with Gasteiger partial charge in [0, 0.05) is 13.1 Å². The molecule has 14 nitrogen and oxygen atoms in total. The van der Waals surface area contributed by atoms with Crippen LogP contribution >= 0.6 is 33.0 Å². The van der Waals surface area contributed by atoms with Gasteiger partial charge in [-0.3, -0.25) is 46.2 Å². The topological polar surface area (TPSA) is 193 Å². The average Bonchev–Trinajstić information content (AvgIpc) is 2.60. The maximum absolute atomic E-state index is 10.6. The van der Waals surface area contributed by atoms with Crippen LogP contribution in [0.4, 0.5) is 0 Å². The first kappa shape index (κ1) is 28.5. The first-order chi connectivity index (χ1) is 13.2. The third-order valence-electron chi connectivity index (χ3n) is 3.18. The van der Waals surface area contributed by atoms with E-state index in [4.69, 9.17) is 19.6 Å². The number of hydrogen-bond acceptors (Lipinski definition) is 10. The molecular formula is C10H28N2O12P4. The van der Waals surface area contributed by atoms with Crippen molar-refractivity contribution in [3.8, 4) is 0 Å². The zero-order valence-electron chi connectivity index (χ0n) is 15.0. The summed E-state index contributed by atoms with van der Waals surface area (Å²) in [7, 11) is -12.5. The fourth-order valence-corrected chi connectivity index (χ4v) is 3.12. The van der Waals surface area contributed by atoms with Crippen LogP contribution in [0.2, 0.25) is 0 Å². The minimum atomic E-state index is -3.12. The third kappa shape index (κ3) is 19.8. The van der Waals surface area contributed by atoms with Crippen LogP contribution in [0, 0.1) is 0 Å². The summed E-state index contributed by atoms with van der Waals surface area (Å²) in [5, 5.41) is 0. The van der Waals surface area contributed by atoms with Crippen molar-refractivity contribution in [2.45, 2.75) is 25.7 Å². The second kappa shape index (κ2) is 18.3. The molecule has 0 aromatic carbocycles. The van der Waals surface area contributed by atoms with Crippen molar-refractivity contribution in [3.63, 3.8) is 0 Å². The average molecular weight is 492 g/mol. The monoisotopic (exact) mass is 492 g/mol. The number of hydrogen-bond donors (Lipinski definition) is 4. The fourth-order valence-electron chi connectivity index (χ4n) is 1.94. The van der Waals surface area contributed by atoms with Crippen molar-refractivity contribution in [3.05, 3.63) is 0 Å². The highest BCUT2D eigenvalue weighted by molar-refractivity contribution is 7.32. The highest BCUT2D eigenvalue weighted by atomic mass is 31.1. The molecule has 0 aliphatic carbocycles. The first-order valence-corrected chi connectivity index (χ1v) is 13.1. The molecule has 0 amide bonds. The Bertz CT molecular complexity index is 433. The van der Waals surface area contributed by atoms with Crippen LogP contribution in [-0.2, 0) is 36.4 Å². The second-order valence-electron chi connectivity index (χ2n) is 5.36. The highest BCUT2D eigenvalue weighted by Crippen LogP contribution is 2.20. The van der Waals surface area contributed by atoms with Gasteiger partial charge in [-0.2, -0.15) is 0 Å². The summed E-state index contributed by atoms with van der Waals surface area (Å²) >= 11 is 0. The Morgan fingerprint density at radius 1 is 0.500 bits per heavy atom. The Morgan fingerprint density at radius 3 is 0.964 bits per heavy atom. The van der Waals surface area contributed by atoms with Crippen LogP contribution in [0.15, 0.2) is 0 Å². The number of unbranched alkanes of at least 4 members (excludes halogenated alkanes) is 3. The third-order valence-corrected chi connectivity index (χ3v) is 4.69. The predicted octanol–water partition coefficient (Wildman–Crippen LogP) is 0.575. The lowest BCUT2D eigenvalue weighted by molar-refractivity contribution is 0.0458. The molecule has 0 rings (SSSR count). The summed E-state index contributed by atoms with van der Waals surface area (Å²) in [6.45, 7) is -0.0586. The van der Waals surface area contributed by atoms with Gasteiger partial charge in [-0.15, -0.1) is 0 Å². The molecule has 0 heterocycles. The minimum absolute atomic E-state index is 0.216. The predicted molar refractivity (Wildman–Crippen MR) is 101 cm³/mol. The van der Waals surface area contributed by atoms with Crippen LogP contribution in [0.25, 0.3) is 0 Å². The van der Waals surface area contributed by atoms with Crippen LogP contribution in [-0.4, -0.2) is 69.4 Å². The summed E-state index contributed by atoms with van der Waals surface area (Å²) in [6, 6.07) is 0. The summed E-state index contributed by atoms with van der Waals surface area (Å²) < 4.78 is 60.8. The lowest BCUT2D eigenvalue weighted by Crippen LogP contribution is -2.29. The fraction of sp³-hybridized carbons (Fsp3) is 1.00. The van der Waals surface area contributed by atoms with Crippen molar-refractivity contribution >= 4 is 33.0 Å². The molecule has 28 heavy (non-hydrogen) atoms. The molecule has 4 atom stereocenters. The maximum atomic E-state index is 10.6. The molecule has 0 bridgehead atoms. The standard InChI is InChI=1S/C10H28N2O12P4/c13-25(14)21-7-11(8-22-26(15)16)5-3-1-2-4-6-12(9-23-27(17)18)10-24-28(19)20/h25-28H,1-10H2,(H,13,14)(H,15,16)(H,17,18)(H,19,20). The van der Waals surface area contributed by atoms with E-state index in [9.17, 15) is 18.3 Å². The molecule has 0 aliphatic heterocycles. The quantitative estimate of drug-likeness (QED) is 0.111. The van der Waals surface area contributed by atoms with Gasteiger partial charge in [0.2, 0.25) is 0 Å². The van der Waals surface area contributed by atoms with Gasteiger partial charge in [-0.05, 0) is 12.8 Å². The molecule has 0 aromatic rings. The summed E-state index contributed by atoms with van der Waals surface area (Å²) in [5.74, 6) is 0.